The van der Waals surface area contributed by atoms with Gasteiger partial charge in [0.25, 0.3) is 0 Å². The van der Waals surface area contributed by atoms with E-state index in [2.05, 4.69) is 96.4 Å². The number of hydrogen-bond donors (Lipinski definition) is 0. The van der Waals surface area contributed by atoms with Crippen LogP contribution in [0.5, 0.6) is 0 Å². The summed E-state index contributed by atoms with van der Waals surface area (Å²) in [6.07, 6.45) is 2.09. The highest BCUT2D eigenvalue weighted by molar-refractivity contribution is 9.10. The minimum absolute atomic E-state index is 1.02. The number of rotatable bonds is 3. The van der Waals surface area contributed by atoms with Crippen molar-refractivity contribution in [2.75, 3.05) is 0 Å². The molecule has 3 heteroatoms. The van der Waals surface area contributed by atoms with Crippen molar-refractivity contribution >= 4 is 29.2 Å². The van der Waals surface area contributed by atoms with Crippen molar-refractivity contribution in [1.29, 1.82) is 0 Å². The molecule has 0 bridgehead atoms. The number of nitrogens with zero attached hydrogens (tertiary/aromatic N) is 1. The minimum atomic E-state index is -1.47. The van der Waals surface area contributed by atoms with Crippen molar-refractivity contribution in [1.82, 2.24) is 4.98 Å². The molecule has 0 amide bonds. The van der Waals surface area contributed by atoms with Crippen molar-refractivity contribution in [3.63, 3.8) is 0 Å². The van der Waals surface area contributed by atoms with Gasteiger partial charge in [-0.2, -0.15) is 0 Å². The maximum Gasteiger partial charge on any atom is 0.0804 e. The monoisotopic (exact) mass is 381 g/mol. The lowest BCUT2D eigenvalue weighted by atomic mass is 10.0. The summed E-state index contributed by atoms with van der Waals surface area (Å²) in [6.45, 7) is 7.11. The summed E-state index contributed by atoms with van der Waals surface area (Å²) >= 11 is 3.55. The summed E-state index contributed by atoms with van der Waals surface area (Å²) < 4.78 is 1.08. The van der Waals surface area contributed by atoms with Crippen molar-refractivity contribution in [3.8, 4) is 22.4 Å². The third-order valence-corrected chi connectivity index (χ3v) is 6.42. The SMILES string of the molecule is C[Si](C)(C)c1cnc(-c2cccc(Br)c2)cc1-c1ccccc1. The van der Waals surface area contributed by atoms with E-state index in [1.54, 1.807) is 0 Å². The van der Waals surface area contributed by atoms with Crippen LogP contribution in [0.25, 0.3) is 22.4 Å². The first-order valence-corrected chi connectivity index (χ1v) is 12.1. The molecule has 0 aliphatic heterocycles. The van der Waals surface area contributed by atoms with Crippen LogP contribution in [0.2, 0.25) is 19.6 Å². The van der Waals surface area contributed by atoms with Crippen LogP contribution in [0.4, 0.5) is 0 Å². The van der Waals surface area contributed by atoms with Gasteiger partial charge < -0.3 is 0 Å². The molecule has 0 saturated heterocycles. The Balaban J connectivity index is 2.20. The fourth-order valence-electron chi connectivity index (χ4n) is 2.72. The predicted octanol–water partition coefficient (Wildman–Crippen LogP) is 5.72. The van der Waals surface area contributed by atoms with Gasteiger partial charge in [-0.1, -0.05) is 78.0 Å². The zero-order valence-corrected chi connectivity index (χ0v) is 16.3. The molecule has 23 heavy (non-hydrogen) atoms. The van der Waals surface area contributed by atoms with Crippen LogP contribution in [-0.4, -0.2) is 13.1 Å². The smallest absolute Gasteiger partial charge is 0.0804 e. The van der Waals surface area contributed by atoms with Crippen LogP contribution in [0, 0.1) is 0 Å². The van der Waals surface area contributed by atoms with E-state index in [0.29, 0.717) is 0 Å². The highest BCUT2D eigenvalue weighted by Crippen LogP contribution is 2.26. The summed E-state index contributed by atoms with van der Waals surface area (Å²) in [5.41, 5.74) is 4.74. The predicted molar refractivity (Wildman–Crippen MR) is 106 cm³/mol. The second-order valence-corrected chi connectivity index (χ2v) is 12.7. The van der Waals surface area contributed by atoms with E-state index in [-0.39, 0.29) is 0 Å². The molecule has 3 rings (SSSR count). The summed E-state index contributed by atoms with van der Waals surface area (Å²) in [6, 6.07) is 21.2. The summed E-state index contributed by atoms with van der Waals surface area (Å²) in [5.74, 6) is 0. The zero-order valence-electron chi connectivity index (χ0n) is 13.7. The Bertz CT molecular complexity index is 823. The van der Waals surface area contributed by atoms with Crippen LogP contribution in [-0.2, 0) is 0 Å². The molecule has 0 spiro atoms. The molecule has 2 aromatic carbocycles. The lowest BCUT2D eigenvalue weighted by Gasteiger charge is -2.21. The fourth-order valence-corrected chi connectivity index (χ4v) is 4.59. The van der Waals surface area contributed by atoms with E-state index < -0.39 is 8.07 Å². The van der Waals surface area contributed by atoms with Crippen LogP contribution in [0.15, 0.2) is 71.3 Å². The average Bonchev–Trinajstić information content (AvgIpc) is 2.54. The number of benzene rings is 2. The Morgan fingerprint density at radius 2 is 1.52 bits per heavy atom. The van der Waals surface area contributed by atoms with E-state index in [0.717, 1.165) is 15.7 Å². The van der Waals surface area contributed by atoms with E-state index in [1.165, 1.54) is 16.3 Å². The molecule has 1 nitrogen and oxygen atoms in total. The van der Waals surface area contributed by atoms with E-state index >= 15 is 0 Å². The van der Waals surface area contributed by atoms with Gasteiger partial charge in [0.1, 0.15) is 0 Å². The molecule has 116 valence electrons. The van der Waals surface area contributed by atoms with Crippen LogP contribution >= 0.6 is 15.9 Å². The normalized spacial score (nSPS) is 11.5. The topological polar surface area (TPSA) is 12.9 Å². The van der Waals surface area contributed by atoms with Crippen LogP contribution in [0.1, 0.15) is 0 Å². The Labute approximate surface area is 147 Å². The van der Waals surface area contributed by atoms with Gasteiger partial charge in [-0.3, -0.25) is 4.98 Å². The van der Waals surface area contributed by atoms with Gasteiger partial charge in [-0.25, -0.2) is 0 Å². The number of pyridine rings is 1. The van der Waals surface area contributed by atoms with Gasteiger partial charge in [-0.05, 0) is 34.5 Å². The molecule has 0 radical (unpaired) electrons. The quantitative estimate of drug-likeness (QED) is 0.528. The molecule has 0 aliphatic rings. The van der Waals surface area contributed by atoms with Crippen molar-refractivity contribution in [2.24, 2.45) is 0 Å². The maximum absolute atomic E-state index is 4.76. The average molecular weight is 382 g/mol. The van der Waals surface area contributed by atoms with Crippen molar-refractivity contribution in [2.45, 2.75) is 19.6 Å². The van der Waals surface area contributed by atoms with Gasteiger partial charge in [0.15, 0.2) is 0 Å². The van der Waals surface area contributed by atoms with Gasteiger partial charge in [0.05, 0.1) is 13.8 Å². The number of halogens is 1. The molecular weight excluding hydrogens is 362 g/mol. The number of hydrogen-bond acceptors (Lipinski definition) is 1. The largest absolute Gasteiger partial charge is 0.256 e. The molecular formula is C20H20BrNSi. The molecule has 0 saturated carbocycles. The third-order valence-electron chi connectivity index (χ3n) is 3.92. The molecule has 1 aromatic heterocycles. The minimum Gasteiger partial charge on any atom is -0.256 e. The highest BCUT2D eigenvalue weighted by Gasteiger charge is 2.22. The molecule has 3 aromatic rings. The molecule has 1 heterocycles. The molecule has 0 aliphatic carbocycles. The Hall–Kier alpha value is -1.71. The second kappa shape index (κ2) is 6.42. The summed E-state index contributed by atoms with van der Waals surface area (Å²) in [4.78, 5) is 4.76. The van der Waals surface area contributed by atoms with Crippen LogP contribution in [0.3, 0.4) is 0 Å². The second-order valence-electron chi connectivity index (χ2n) is 6.74. The van der Waals surface area contributed by atoms with Gasteiger partial charge in [-0.15, -0.1) is 0 Å². The number of aromatic nitrogens is 1. The van der Waals surface area contributed by atoms with Gasteiger partial charge in [0.2, 0.25) is 0 Å². The van der Waals surface area contributed by atoms with Crippen molar-refractivity contribution in [3.05, 3.63) is 71.3 Å². The fraction of sp³-hybridized carbons (Fsp3) is 0.150. The standard InChI is InChI=1S/C20H20BrNSi/c1-23(2,3)20-14-22-19(16-10-7-11-17(21)12-16)13-18(20)15-8-5-4-6-9-15/h4-14H,1-3H3. The lowest BCUT2D eigenvalue weighted by molar-refractivity contribution is 1.33. The van der Waals surface area contributed by atoms with Gasteiger partial charge in [0, 0.05) is 16.2 Å². The van der Waals surface area contributed by atoms with Crippen molar-refractivity contribution < 1.29 is 0 Å². The first kappa shape index (κ1) is 16.2. The Morgan fingerprint density at radius 3 is 2.17 bits per heavy atom. The lowest BCUT2D eigenvalue weighted by Crippen LogP contribution is -2.39. The first-order chi connectivity index (χ1) is 10.9. The van der Waals surface area contributed by atoms with E-state index in [1.807, 2.05) is 6.07 Å². The van der Waals surface area contributed by atoms with E-state index in [9.17, 15) is 0 Å². The zero-order chi connectivity index (χ0) is 16.4. The molecule has 0 N–H and O–H groups in total. The first-order valence-electron chi connectivity index (χ1n) is 7.77. The van der Waals surface area contributed by atoms with Crippen LogP contribution < -0.4 is 5.19 Å². The van der Waals surface area contributed by atoms with Gasteiger partial charge >= 0.3 is 0 Å². The molecule has 0 fully saturated rings. The molecule has 0 atom stereocenters. The third kappa shape index (κ3) is 3.62. The maximum atomic E-state index is 4.76. The summed E-state index contributed by atoms with van der Waals surface area (Å²) in [5, 5.41) is 1.41. The Morgan fingerprint density at radius 1 is 0.826 bits per heavy atom. The van der Waals surface area contributed by atoms with E-state index in [4.69, 9.17) is 4.98 Å². The summed E-state index contributed by atoms with van der Waals surface area (Å²) in [7, 11) is -1.47. The highest BCUT2D eigenvalue weighted by atomic mass is 79.9. The Kier molecular flexibility index (Phi) is 4.51. The molecule has 0 unspecified atom stereocenters.